The molecular formula is C12H16N2O2. The van der Waals surface area contributed by atoms with Crippen molar-refractivity contribution in [2.24, 2.45) is 0 Å². The van der Waals surface area contributed by atoms with Crippen molar-refractivity contribution >= 4 is 0 Å². The Bertz CT molecular complexity index is 443. The summed E-state index contributed by atoms with van der Waals surface area (Å²) in [6.07, 6.45) is 2.49. The average molecular weight is 220 g/mol. The molecule has 0 unspecified atom stereocenters. The number of pyridine rings is 1. The zero-order chi connectivity index (χ0) is 12.0. The molecule has 0 radical (unpaired) electrons. The number of hydrogen-bond acceptors (Lipinski definition) is 3. The Morgan fingerprint density at radius 3 is 2.75 bits per heavy atom. The van der Waals surface area contributed by atoms with Gasteiger partial charge in [-0.25, -0.2) is 0 Å². The summed E-state index contributed by atoms with van der Waals surface area (Å²) in [7, 11) is 0. The highest BCUT2D eigenvalue weighted by Gasteiger charge is 2.04. The number of rotatable bonds is 5. The SMILES string of the molecule is Cc1ccc(C#N)c(=O)n1CCCCCO. The lowest BCUT2D eigenvalue weighted by molar-refractivity contribution is 0.281. The van der Waals surface area contributed by atoms with Crippen molar-refractivity contribution in [2.75, 3.05) is 6.61 Å². The van der Waals surface area contributed by atoms with E-state index in [9.17, 15) is 4.79 Å². The van der Waals surface area contributed by atoms with Crippen LogP contribution in [0, 0.1) is 18.3 Å². The Balaban J connectivity index is 2.79. The van der Waals surface area contributed by atoms with Crippen LogP contribution in [0.1, 0.15) is 30.5 Å². The minimum absolute atomic E-state index is 0.187. The third-order valence-electron chi connectivity index (χ3n) is 2.55. The van der Waals surface area contributed by atoms with Gasteiger partial charge in [0.2, 0.25) is 0 Å². The largest absolute Gasteiger partial charge is 0.396 e. The van der Waals surface area contributed by atoms with E-state index in [0.29, 0.717) is 6.54 Å². The first kappa shape index (κ1) is 12.5. The van der Waals surface area contributed by atoms with E-state index in [1.807, 2.05) is 13.0 Å². The van der Waals surface area contributed by atoms with E-state index in [-0.39, 0.29) is 17.7 Å². The molecule has 0 fully saturated rings. The predicted molar refractivity (Wildman–Crippen MR) is 61.1 cm³/mol. The van der Waals surface area contributed by atoms with Crippen LogP contribution in [-0.2, 0) is 6.54 Å². The maximum Gasteiger partial charge on any atom is 0.268 e. The maximum atomic E-state index is 11.8. The molecule has 1 rings (SSSR count). The van der Waals surface area contributed by atoms with Crippen molar-refractivity contribution in [1.29, 1.82) is 5.26 Å². The number of hydrogen-bond donors (Lipinski definition) is 1. The maximum absolute atomic E-state index is 11.8. The van der Waals surface area contributed by atoms with E-state index < -0.39 is 0 Å². The average Bonchev–Trinajstić information content (AvgIpc) is 2.28. The van der Waals surface area contributed by atoms with Crippen molar-refractivity contribution in [3.05, 3.63) is 33.7 Å². The first-order valence-electron chi connectivity index (χ1n) is 5.42. The van der Waals surface area contributed by atoms with Gasteiger partial charge < -0.3 is 9.67 Å². The van der Waals surface area contributed by atoms with Crippen LogP contribution in [0.15, 0.2) is 16.9 Å². The lowest BCUT2D eigenvalue weighted by Gasteiger charge is -2.09. The fraction of sp³-hybridized carbons (Fsp3) is 0.500. The lowest BCUT2D eigenvalue weighted by atomic mass is 10.2. The fourth-order valence-electron chi connectivity index (χ4n) is 1.59. The molecule has 0 amide bonds. The second-order valence-corrected chi connectivity index (χ2v) is 3.74. The minimum Gasteiger partial charge on any atom is -0.396 e. The summed E-state index contributed by atoms with van der Waals surface area (Å²) in [5.74, 6) is 0. The minimum atomic E-state index is -0.216. The number of aromatic nitrogens is 1. The number of unbranched alkanes of at least 4 members (excludes halogenated alkanes) is 2. The molecule has 0 aliphatic carbocycles. The zero-order valence-electron chi connectivity index (χ0n) is 9.44. The van der Waals surface area contributed by atoms with Crippen LogP contribution >= 0.6 is 0 Å². The number of nitrogens with zero attached hydrogens (tertiary/aromatic N) is 2. The van der Waals surface area contributed by atoms with Crippen LogP contribution in [0.25, 0.3) is 0 Å². The molecule has 86 valence electrons. The van der Waals surface area contributed by atoms with E-state index in [0.717, 1.165) is 25.0 Å². The van der Waals surface area contributed by atoms with Crippen molar-refractivity contribution < 1.29 is 5.11 Å². The molecule has 0 spiro atoms. The Morgan fingerprint density at radius 2 is 2.12 bits per heavy atom. The Kier molecular flexibility index (Phi) is 4.74. The van der Waals surface area contributed by atoms with Crippen molar-refractivity contribution in [3.8, 4) is 6.07 Å². The molecule has 4 nitrogen and oxygen atoms in total. The van der Waals surface area contributed by atoms with Gasteiger partial charge in [0.05, 0.1) is 0 Å². The highest BCUT2D eigenvalue weighted by Crippen LogP contribution is 2.02. The van der Waals surface area contributed by atoms with Crippen LogP contribution < -0.4 is 5.56 Å². The third kappa shape index (κ3) is 2.94. The smallest absolute Gasteiger partial charge is 0.268 e. The summed E-state index contributed by atoms with van der Waals surface area (Å²) < 4.78 is 1.62. The molecule has 0 bridgehead atoms. The van der Waals surface area contributed by atoms with E-state index >= 15 is 0 Å². The molecule has 0 saturated carbocycles. The van der Waals surface area contributed by atoms with Gasteiger partial charge in [0.25, 0.3) is 5.56 Å². The van der Waals surface area contributed by atoms with Gasteiger partial charge in [0.1, 0.15) is 11.6 Å². The van der Waals surface area contributed by atoms with E-state index in [1.54, 1.807) is 16.7 Å². The predicted octanol–water partition coefficient (Wildman–Crippen LogP) is 1.19. The molecule has 0 aliphatic rings. The number of aliphatic hydroxyl groups is 1. The van der Waals surface area contributed by atoms with E-state index in [4.69, 9.17) is 10.4 Å². The number of aryl methyl sites for hydroxylation is 1. The van der Waals surface area contributed by atoms with Crippen LogP contribution in [0.5, 0.6) is 0 Å². The monoisotopic (exact) mass is 220 g/mol. The normalized spacial score (nSPS) is 10.1. The topological polar surface area (TPSA) is 66.0 Å². The van der Waals surface area contributed by atoms with E-state index in [2.05, 4.69) is 0 Å². The van der Waals surface area contributed by atoms with Crippen LogP contribution in [0.4, 0.5) is 0 Å². The zero-order valence-corrected chi connectivity index (χ0v) is 9.44. The van der Waals surface area contributed by atoms with E-state index in [1.165, 1.54) is 0 Å². The number of aliphatic hydroxyl groups excluding tert-OH is 1. The van der Waals surface area contributed by atoms with Gasteiger partial charge in [-0.1, -0.05) is 0 Å². The Labute approximate surface area is 94.8 Å². The third-order valence-corrected chi connectivity index (χ3v) is 2.55. The van der Waals surface area contributed by atoms with Crippen molar-refractivity contribution in [2.45, 2.75) is 32.7 Å². The fourth-order valence-corrected chi connectivity index (χ4v) is 1.59. The molecule has 1 aromatic heterocycles. The summed E-state index contributed by atoms with van der Waals surface area (Å²) in [6, 6.07) is 5.23. The van der Waals surface area contributed by atoms with Gasteiger partial charge in [-0.15, -0.1) is 0 Å². The molecule has 1 N–H and O–H groups in total. The molecule has 0 saturated heterocycles. The standard InChI is InChI=1S/C12H16N2O2/c1-10-5-6-11(9-13)12(16)14(10)7-3-2-4-8-15/h5-6,15H,2-4,7-8H2,1H3. The second kappa shape index (κ2) is 6.09. The molecule has 0 aliphatic heterocycles. The van der Waals surface area contributed by atoms with Gasteiger partial charge in [0.15, 0.2) is 0 Å². The van der Waals surface area contributed by atoms with Gasteiger partial charge in [-0.3, -0.25) is 4.79 Å². The quantitative estimate of drug-likeness (QED) is 0.758. The summed E-state index contributed by atoms with van der Waals surface area (Å²) in [6.45, 7) is 2.65. The number of nitriles is 1. The lowest BCUT2D eigenvalue weighted by Crippen LogP contribution is -2.24. The Hall–Kier alpha value is -1.60. The van der Waals surface area contributed by atoms with Crippen LogP contribution in [-0.4, -0.2) is 16.3 Å². The van der Waals surface area contributed by atoms with Crippen LogP contribution in [0.3, 0.4) is 0 Å². The first-order valence-corrected chi connectivity index (χ1v) is 5.42. The molecule has 0 atom stereocenters. The molecule has 1 aromatic rings. The molecule has 16 heavy (non-hydrogen) atoms. The highest BCUT2D eigenvalue weighted by molar-refractivity contribution is 5.27. The molecule has 1 heterocycles. The summed E-state index contributed by atoms with van der Waals surface area (Å²) in [5.41, 5.74) is 0.840. The van der Waals surface area contributed by atoms with Crippen molar-refractivity contribution in [1.82, 2.24) is 4.57 Å². The van der Waals surface area contributed by atoms with Gasteiger partial charge in [0, 0.05) is 18.8 Å². The first-order chi connectivity index (χ1) is 7.70. The highest BCUT2D eigenvalue weighted by atomic mass is 16.2. The summed E-state index contributed by atoms with van der Waals surface area (Å²) in [4.78, 5) is 11.8. The molecular weight excluding hydrogens is 204 g/mol. The molecule has 4 heteroatoms. The van der Waals surface area contributed by atoms with Gasteiger partial charge in [-0.2, -0.15) is 5.26 Å². The molecule has 0 aromatic carbocycles. The summed E-state index contributed by atoms with van der Waals surface area (Å²) in [5, 5.41) is 17.4. The summed E-state index contributed by atoms with van der Waals surface area (Å²) >= 11 is 0. The van der Waals surface area contributed by atoms with Crippen molar-refractivity contribution in [3.63, 3.8) is 0 Å². The second-order valence-electron chi connectivity index (χ2n) is 3.74. The Morgan fingerprint density at radius 1 is 1.38 bits per heavy atom. The van der Waals surface area contributed by atoms with Gasteiger partial charge in [-0.05, 0) is 38.3 Å². The van der Waals surface area contributed by atoms with Gasteiger partial charge >= 0.3 is 0 Å². The van der Waals surface area contributed by atoms with Crippen LogP contribution in [0.2, 0.25) is 0 Å².